The Hall–Kier alpha value is -2.30. The number of para-hydroxylation sites is 1. The van der Waals surface area contributed by atoms with Crippen LogP contribution in [0.2, 0.25) is 0 Å². The molecule has 2 N–H and O–H groups in total. The first-order valence-electron chi connectivity index (χ1n) is 6.91. The lowest BCUT2D eigenvalue weighted by Gasteiger charge is -2.12. The Kier molecular flexibility index (Phi) is 3.41. The van der Waals surface area contributed by atoms with Crippen molar-refractivity contribution in [1.29, 1.82) is 0 Å². The van der Waals surface area contributed by atoms with Gasteiger partial charge < -0.3 is 5.32 Å². The summed E-state index contributed by atoms with van der Waals surface area (Å²) in [5.41, 5.74) is 0.965. The number of carbonyl (C=O) groups excluding carboxylic acids is 1. The predicted molar refractivity (Wildman–Crippen MR) is 77.9 cm³/mol. The number of urea groups is 1. The molecule has 1 aromatic carbocycles. The molecule has 0 aliphatic heterocycles. The number of nitrogens with one attached hydrogen (secondary N) is 2. The highest BCUT2D eigenvalue weighted by Gasteiger charge is 2.28. The molecule has 0 saturated heterocycles. The second-order valence-electron chi connectivity index (χ2n) is 5.21. The van der Waals surface area contributed by atoms with E-state index in [4.69, 9.17) is 0 Å². The van der Waals surface area contributed by atoms with E-state index < -0.39 is 0 Å². The summed E-state index contributed by atoms with van der Waals surface area (Å²) >= 11 is 0. The highest BCUT2D eigenvalue weighted by atomic mass is 16.2. The molecule has 1 saturated carbocycles. The van der Waals surface area contributed by atoms with Gasteiger partial charge >= 0.3 is 6.03 Å². The van der Waals surface area contributed by atoms with Gasteiger partial charge in [0.15, 0.2) is 5.82 Å². The molecular formula is C15H18N4O. The largest absolute Gasteiger partial charge is 0.335 e. The molecule has 1 aliphatic carbocycles. The number of hydrogen-bond acceptors (Lipinski definition) is 2. The van der Waals surface area contributed by atoms with Crippen LogP contribution in [0, 0.1) is 5.92 Å². The van der Waals surface area contributed by atoms with E-state index in [-0.39, 0.29) is 12.1 Å². The van der Waals surface area contributed by atoms with E-state index in [1.54, 1.807) is 10.7 Å². The first kappa shape index (κ1) is 12.7. The van der Waals surface area contributed by atoms with Gasteiger partial charge in [-0.25, -0.2) is 9.48 Å². The van der Waals surface area contributed by atoms with Crippen LogP contribution in [-0.4, -0.2) is 21.9 Å². The lowest BCUT2D eigenvalue weighted by atomic mass is 10.2. The fraction of sp³-hybridized carbons (Fsp3) is 0.333. The highest BCUT2D eigenvalue weighted by molar-refractivity contribution is 5.88. The van der Waals surface area contributed by atoms with E-state index in [2.05, 4.69) is 15.7 Å². The number of benzene rings is 1. The molecule has 0 unspecified atom stereocenters. The maximum Gasteiger partial charge on any atom is 0.320 e. The quantitative estimate of drug-likeness (QED) is 0.897. The zero-order chi connectivity index (χ0) is 13.9. The van der Waals surface area contributed by atoms with E-state index in [0.717, 1.165) is 5.69 Å². The number of amides is 2. The van der Waals surface area contributed by atoms with Gasteiger partial charge in [-0.3, -0.25) is 5.32 Å². The lowest BCUT2D eigenvalue weighted by molar-refractivity contribution is 0.248. The van der Waals surface area contributed by atoms with Crippen molar-refractivity contribution < 1.29 is 4.79 Å². The van der Waals surface area contributed by atoms with Gasteiger partial charge in [0.2, 0.25) is 0 Å². The molecule has 2 amide bonds. The molecule has 1 fully saturated rings. The van der Waals surface area contributed by atoms with Gasteiger partial charge in [-0.05, 0) is 37.8 Å². The van der Waals surface area contributed by atoms with E-state index >= 15 is 0 Å². The normalized spacial score (nSPS) is 15.7. The Bertz CT molecular complexity index is 589. The average Bonchev–Trinajstić information content (AvgIpc) is 3.21. The summed E-state index contributed by atoms with van der Waals surface area (Å²) in [4.78, 5) is 11.8. The van der Waals surface area contributed by atoms with Crippen LogP contribution in [0.15, 0.2) is 42.6 Å². The standard InChI is InChI=1S/C15H18N4O/c1-11(12-7-8-12)16-15(20)17-14-9-10-19(18-14)13-5-3-2-4-6-13/h2-6,9-12H,7-8H2,1H3,(H2,16,17,18,20)/t11-/m1/s1. The zero-order valence-electron chi connectivity index (χ0n) is 11.4. The SMILES string of the molecule is C[C@@H](NC(=O)Nc1ccn(-c2ccccc2)n1)C1CC1. The minimum atomic E-state index is -0.192. The van der Waals surface area contributed by atoms with Gasteiger partial charge in [-0.2, -0.15) is 0 Å². The molecule has 2 aromatic rings. The van der Waals surface area contributed by atoms with Crippen molar-refractivity contribution in [3.8, 4) is 5.69 Å². The highest BCUT2D eigenvalue weighted by Crippen LogP contribution is 2.32. The fourth-order valence-electron chi connectivity index (χ4n) is 2.19. The van der Waals surface area contributed by atoms with Crippen molar-refractivity contribution >= 4 is 11.8 Å². The van der Waals surface area contributed by atoms with Crippen LogP contribution < -0.4 is 10.6 Å². The summed E-state index contributed by atoms with van der Waals surface area (Å²) in [7, 11) is 0. The summed E-state index contributed by atoms with van der Waals surface area (Å²) in [6.45, 7) is 2.04. The Balaban J connectivity index is 1.61. The molecule has 1 aromatic heterocycles. The summed E-state index contributed by atoms with van der Waals surface area (Å²) in [6, 6.07) is 11.6. The van der Waals surface area contributed by atoms with Gasteiger partial charge in [0.1, 0.15) is 0 Å². The fourth-order valence-corrected chi connectivity index (χ4v) is 2.19. The molecule has 0 radical (unpaired) electrons. The van der Waals surface area contributed by atoms with Crippen molar-refractivity contribution in [3.63, 3.8) is 0 Å². The maximum absolute atomic E-state index is 11.8. The second kappa shape index (κ2) is 5.36. The average molecular weight is 270 g/mol. The molecule has 0 spiro atoms. The second-order valence-corrected chi connectivity index (χ2v) is 5.21. The van der Waals surface area contributed by atoms with E-state index in [1.165, 1.54) is 12.8 Å². The number of rotatable bonds is 4. The van der Waals surface area contributed by atoms with Gasteiger partial charge in [0.05, 0.1) is 5.69 Å². The Morgan fingerprint density at radius 1 is 1.30 bits per heavy atom. The van der Waals surface area contributed by atoms with Crippen LogP contribution >= 0.6 is 0 Å². The van der Waals surface area contributed by atoms with Crippen LogP contribution in [0.3, 0.4) is 0 Å². The summed E-state index contributed by atoms with van der Waals surface area (Å²) in [5, 5.41) is 10.0. The summed E-state index contributed by atoms with van der Waals surface area (Å²) in [6.07, 6.45) is 4.25. The third kappa shape index (κ3) is 2.99. The molecule has 1 aliphatic rings. The molecule has 3 rings (SSSR count). The predicted octanol–water partition coefficient (Wildman–Crippen LogP) is 2.79. The third-order valence-electron chi connectivity index (χ3n) is 3.54. The van der Waals surface area contributed by atoms with Gasteiger partial charge in [-0.15, -0.1) is 5.10 Å². The molecule has 20 heavy (non-hydrogen) atoms. The van der Waals surface area contributed by atoms with Gasteiger partial charge in [-0.1, -0.05) is 18.2 Å². The third-order valence-corrected chi connectivity index (χ3v) is 3.54. The maximum atomic E-state index is 11.8. The minimum absolute atomic E-state index is 0.192. The van der Waals surface area contributed by atoms with Crippen molar-refractivity contribution in [1.82, 2.24) is 15.1 Å². The number of hydrogen-bond donors (Lipinski definition) is 2. The number of nitrogens with zero attached hydrogens (tertiary/aromatic N) is 2. The number of carbonyl (C=O) groups is 1. The van der Waals surface area contributed by atoms with Gasteiger partial charge in [0.25, 0.3) is 0 Å². The van der Waals surface area contributed by atoms with Crippen LogP contribution in [0.5, 0.6) is 0 Å². The molecular weight excluding hydrogens is 252 g/mol. The molecule has 0 bridgehead atoms. The Morgan fingerprint density at radius 2 is 2.05 bits per heavy atom. The first-order chi connectivity index (χ1) is 9.72. The van der Waals surface area contributed by atoms with Crippen molar-refractivity contribution in [3.05, 3.63) is 42.6 Å². The van der Waals surface area contributed by atoms with Crippen LogP contribution in [-0.2, 0) is 0 Å². The van der Waals surface area contributed by atoms with Crippen molar-refractivity contribution in [2.24, 2.45) is 5.92 Å². The molecule has 1 heterocycles. The van der Waals surface area contributed by atoms with E-state index in [1.807, 2.05) is 43.5 Å². The zero-order valence-corrected chi connectivity index (χ0v) is 11.4. The van der Waals surface area contributed by atoms with Crippen molar-refractivity contribution in [2.45, 2.75) is 25.8 Å². The van der Waals surface area contributed by atoms with E-state index in [0.29, 0.717) is 11.7 Å². The monoisotopic (exact) mass is 270 g/mol. The molecule has 5 nitrogen and oxygen atoms in total. The van der Waals surface area contributed by atoms with Crippen LogP contribution in [0.4, 0.5) is 10.6 Å². The van der Waals surface area contributed by atoms with Crippen molar-refractivity contribution in [2.75, 3.05) is 5.32 Å². The van der Waals surface area contributed by atoms with Crippen LogP contribution in [0.25, 0.3) is 5.69 Å². The smallest absolute Gasteiger partial charge is 0.320 e. The Labute approximate surface area is 118 Å². The summed E-state index contributed by atoms with van der Waals surface area (Å²) in [5.74, 6) is 1.19. The Morgan fingerprint density at radius 3 is 2.75 bits per heavy atom. The minimum Gasteiger partial charge on any atom is -0.335 e. The molecule has 104 valence electrons. The van der Waals surface area contributed by atoms with E-state index in [9.17, 15) is 4.79 Å². The number of anilines is 1. The molecule has 5 heteroatoms. The summed E-state index contributed by atoms with van der Waals surface area (Å²) < 4.78 is 1.74. The van der Waals surface area contributed by atoms with Gasteiger partial charge in [0, 0.05) is 18.3 Å². The first-order valence-corrected chi connectivity index (χ1v) is 6.91. The topological polar surface area (TPSA) is 59.0 Å². The molecule has 1 atom stereocenters. The lowest BCUT2D eigenvalue weighted by Crippen LogP contribution is -2.37. The number of aromatic nitrogens is 2. The van der Waals surface area contributed by atoms with Crippen LogP contribution in [0.1, 0.15) is 19.8 Å².